The quantitative estimate of drug-likeness (QED) is 0.504. The molecule has 2 nitrogen and oxygen atoms in total. The number of aliphatic imine (C=N–C) groups is 1. The van der Waals surface area contributed by atoms with E-state index in [9.17, 15) is 4.39 Å². The molecule has 0 amide bonds. The van der Waals surface area contributed by atoms with Gasteiger partial charge in [0.15, 0.2) is 0 Å². The maximum Gasteiger partial charge on any atom is 0.124 e. The van der Waals surface area contributed by atoms with E-state index in [1.807, 2.05) is 0 Å². The fourth-order valence-electron chi connectivity index (χ4n) is 1.01. The molecule has 0 fully saturated rings. The van der Waals surface area contributed by atoms with Crippen LogP contribution in [0.1, 0.15) is 5.56 Å². The predicted octanol–water partition coefficient (Wildman–Crippen LogP) is 3.12. The number of nitrogens with zero attached hydrogens (tertiary/aromatic N) is 1. The van der Waals surface area contributed by atoms with Gasteiger partial charge >= 0.3 is 0 Å². The van der Waals surface area contributed by atoms with Crippen LogP contribution in [-0.2, 0) is 0 Å². The van der Waals surface area contributed by atoms with Gasteiger partial charge in [-0.05, 0) is 40.5 Å². The molecule has 0 saturated heterocycles. The van der Waals surface area contributed by atoms with Crippen molar-refractivity contribution < 1.29 is 4.39 Å². The fourth-order valence-corrected chi connectivity index (χ4v) is 1.69. The molecule has 0 aromatic heterocycles. The van der Waals surface area contributed by atoms with Crippen LogP contribution in [0, 0.1) is 12.7 Å². The first-order valence-corrected chi connectivity index (χ1v) is 5.22. The third-order valence-electron chi connectivity index (χ3n) is 1.61. The summed E-state index contributed by atoms with van der Waals surface area (Å²) < 4.78 is 13.5. The Hall–Kier alpha value is -0.610. The molecule has 0 spiro atoms. The molecule has 0 atom stereocenters. The monoisotopic (exact) mass is 278 g/mol. The lowest BCUT2D eigenvalue weighted by Gasteiger charge is -2.04. The SMILES string of the molecule is Cc1cc(F)cc(Br)c1N=C(N)CCl. The largest absolute Gasteiger partial charge is 0.386 e. The van der Waals surface area contributed by atoms with Crippen LogP contribution >= 0.6 is 27.5 Å². The summed E-state index contributed by atoms with van der Waals surface area (Å²) in [6.45, 7) is 1.76. The Morgan fingerprint density at radius 3 is 2.79 bits per heavy atom. The average molecular weight is 280 g/mol. The minimum atomic E-state index is -0.308. The van der Waals surface area contributed by atoms with Crippen molar-refractivity contribution in [1.29, 1.82) is 0 Å². The van der Waals surface area contributed by atoms with Crippen LogP contribution in [0.3, 0.4) is 0 Å². The first-order chi connectivity index (χ1) is 6.54. The molecule has 0 saturated carbocycles. The summed E-state index contributed by atoms with van der Waals surface area (Å²) in [5.74, 6) is 0.156. The summed E-state index contributed by atoms with van der Waals surface area (Å²) in [6.07, 6.45) is 0. The Bertz CT molecular complexity index is 356. The first kappa shape index (κ1) is 11.5. The molecule has 0 aliphatic carbocycles. The number of aryl methyl sites for hydroxylation is 1. The first-order valence-electron chi connectivity index (χ1n) is 3.89. The number of amidine groups is 1. The lowest BCUT2D eigenvalue weighted by molar-refractivity contribution is 0.626. The average Bonchev–Trinajstić information content (AvgIpc) is 2.10. The topological polar surface area (TPSA) is 38.4 Å². The van der Waals surface area contributed by atoms with E-state index in [1.165, 1.54) is 12.1 Å². The second kappa shape index (κ2) is 4.75. The molecule has 1 aromatic carbocycles. The van der Waals surface area contributed by atoms with E-state index < -0.39 is 0 Å². The molecule has 2 N–H and O–H groups in total. The summed E-state index contributed by atoms with van der Waals surface area (Å²) in [7, 11) is 0. The number of alkyl halides is 1. The highest BCUT2D eigenvalue weighted by molar-refractivity contribution is 9.10. The van der Waals surface area contributed by atoms with Gasteiger partial charge in [-0.2, -0.15) is 0 Å². The van der Waals surface area contributed by atoms with Crippen molar-refractivity contribution in [3.63, 3.8) is 0 Å². The lowest BCUT2D eigenvalue weighted by Crippen LogP contribution is -2.12. The highest BCUT2D eigenvalue weighted by Gasteiger charge is 2.05. The van der Waals surface area contributed by atoms with Gasteiger partial charge in [0.25, 0.3) is 0 Å². The molecule has 0 bridgehead atoms. The van der Waals surface area contributed by atoms with Crippen molar-refractivity contribution in [1.82, 2.24) is 0 Å². The van der Waals surface area contributed by atoms with Crippen LogP contribution in [0.5, 0.6) is 0 Å². The number of rotatable bonds is 2. The van der Waals surface area contributed by atoms with E-state index in [4.69, 9.17) is 17.3 Å². The summed E-state index contributed by atoms with van der Waals surface area (Å²) in [6, 6.07) is 2.73. The summed E-state index contributed by atoms with van der Waals surface area (Å²) in [4.78, 5) is 4.07. The predicted molar refractivity (Wildman–Crippen MR) is 60.8 cm³/mol. The lowest BCUT2D eigenvalue weighted by atomic mass is 10.2. The van der Waals surface area contributed by atoms with Crippen molar-refractivity contribution in [3.05, 3.63) is 28.0 Å². The van der Waals surface area contributed by atoms with Crippen molar-refractivity contribution in [2.24, 2.45) is 10.7 Å². The Balaban J connectivity index is 3.21. The zero-order valence-electron chi connectivity index (χ0n) is 7.52. The van der Waals surface area contributed by atoms with E-state index in [0.717, 1.165) is 0 Å². The molecular weight excluding hydrogens is 270 g/mol. The number of halogens is 3. The zero-order chi connectivity index (χ0) is 10.7. The Labute approximate surface area is 95.1 Å². The van der Waals surface area contributed by atoms with Gasteiger partial charge in [0.05, 0.1) is 11.6 Å². The van der Waals surface area contributed by atoms with E-state index >= 15 is 0 Å². The van der Waals surface area contributed by atoms with E-state index in [-0.39, 0.29) is 11.7 Å². The number of hydrogen-bond acceptors (Lipinski definition) is 1. The van der Waals surface area contributed by atoms with E-state index in [2.05, 4.69) is 20.9 Å². The maximum atomic E-state index is 12.9. The zero-order valence-corrected chi connectivity index (χ0v) is 9.86. The van der Waals surface area contributed by atoms with Crippen LogP contribution in [0.4, 0.5) is 10.1 Å². The van der Waals surface area contributed by atoms with Gasteiger partial charge in [0, 0.05) is 4.47 Å². The Morgan fingerprint density at radius 2 is 2.29 bits per heavy atom. The van der Waals surface area contributed by atoms with E-state index in [1.54, 1.807) is 6.92 Å². The third-order valence-corrected chi connectivity index (χ3v) is 2.49. The van der Waals surface area contributed by atoms with Crippen molar-refractivity contribution in [2.45, 2.75) is 6.92 Å². The van der Waals surface area contributed by atoms with Crippen molar-refractivity contribution in [2.75, 3.05) is 5.88 Å². The van der Waals surface area contributed by atoms with Gasteiger partial charge in [-0.25, -0.2) is 9.38 Å². The van der Waals surface area contributed by atoms with Gasteiger partial charge in [0.1, 0.15) is 11.7 Å². The number of benzene rings is 1. The summed E-state index contributed by atoms with van der Waals surface area (Å²) in [5.41, 5.74) is 6.81. The van der Waals surface area contributed by atoms with Crippen LogP contribution in [0.25, 0.3) is 0 Å². The molecule has 14 heavy (non-hydrogen) atoms. The Morgan fingerprint density at radius 1 is 1.64 bits per heavy atom. The van der Waals surface area contributed by atoms with Gasteiger partial charge in [-0.15, -0.1) is 11.6 Å². The molecule has 1 aromatic rings. The summed E-state index contributed by atoms with van der Waals surface area (Å²) in [5, 5.41) is 0. The highest BCUT2D eigenvalue weighted by atomic mass is 79.9. The van der Waals surface area contributed by atoms with Crippen LogP contribution in [0.15, 0.2) is 21.6 Å². The second-order valence-corrected chi connectivity index (χ2v) is 3.91. The molecule has 76 valence electrons. The van der Waals surface area contributed by atoms with Gasteiger partial charge in [-0.3, -0.25) is 0 Å². The Kier molecular flexibility index (Phi) is 3.89. The van der Waals surface area contributed by atoms with Gasteiger partial charge < -0.3 is 5.73 Å². The normalized spacial score (nSPS) is 11.9. The molecule has 5 heteroatoms. The second-order valence-electron chi connectivity index (χ2n) is 2.79. The van der Waals surface area contributed by atoms with Crippen molar-refractivity contribution >= 4 is 39.1 Å². The van der Waals surface area contributed by atoms with Crippen LogP contribution < -0.4 is 5.73 Å². The fraction of sp³-hybridized carbons (Fsp3) is 0.222. The van der Waals surface area contributed by atoms with Crippen LogP contribution in [0.2, 0.25) is 0 Å². The molecule has 0 aliphatic heterocycles. The number of nitrogens with two attached hydrogens (primary N) is 1. The molecule has 0 unspecified atom stereocenters. The molecule has 1 rings (SSSR count). The van der Waals surface area contributed by atoms with Gasteiger partial charge in [0.2, 0.25) is 0 Å². The smallest absolute Gasteiger partial charge is 0.124 e. The summed E-state index contributed by atoms with van der Waals surface area (Å²) >= 11 is 8.70. The molecule has 0 radical (unpaired) electrons. The van der Waals surface area contributed by atoms with Crippen LogP contribution in [-0.4, -0.2) is 11.7 Å². The van der Waals surface area contributed by atoms with Gasteiger partial charge in [-0.1, -0.05) is 0 Å². The minimum absolute atomic E-state index is 0.156. The maximum absolute atomic E-state index is 12.9. The van der Waals surface area contributed by atoms with E-state index in [0.29, 0.717) is 21.6 Å². The third kappa shape index (κ3) is 2.69. The molecular formula is C9H9BrClFN2. The standard InChI is InChI=1S/C9H9BrClFN2/c1-5-2-6(12)3-7(10)9(5)14-8(13)4-11/h2-3H,4H2,1H3,(H2,13,14). The molecule has 0 heterocycles. The number of hydrogen-bond donors (Lipinski definition) is 1. The van der Waals surface area contributed by atoms with Crippen molar-refractivity contribution in [3.8, 4) is 0 Å². The minimum Gasteiger partial charge on any atom is -0.386 e. The highest BCUT2D eigenvalue weighted by Crippen LogP contribution is 2.30. The molecule has 0 aliphatic rings.